The second-order valence-corrected chi connectivity index (χ2v) is 5.73. The fraction of sp³-hybridized carbons (Fsp3) is 0.500. The van der Waals surface area contributed by atoms with Crippen LogP contribution in [0.4, 0.5) is 23.7 Å². The highest BCUT2D eigenvalue weighted by Crippen LogP contribution is 2.33. The summed E-state index contributed by atoms with van der Waals surface area (Å²) in [5.74, 6) is 0. The molecule has 1 aromatic carbocycles. The van der Waals surface area contributed by atoms with Crippen LogP contribution in [0.1, 0.15) is 37.5 Å². The van der Waals surface area contributed by atoms with Gasteiger partial charge in [0.2, 0.25) is 0 Å². The predicted octanol–water partition coefficient (Wildman–Crippen LogP) is 4.17. The van der Waals surface area contributed by atoms with Crippen LogP contribution >= 0.6 is 0 Å². The average molecular weight is 304 g/mol. The SMILES string of the molecule is Cc1cc(C(F)(F)F)cc(C)c1NNC(=O)OC(C)(C)C. The molecule has 118 valence electrons. The van der Waals surface area contributed by atoms with Gasteiger partial charge in [0.1, 0.15) is 5.60 Å². The molecule has 1 amide bonds. The lowest BCUT2D eigenvalue weighted by Crippen LogP contribution is -2.36. The van der Waals surface area contributed by atoms with Gasteiger partial charge in [0.25, 0.3) is 0 Å². The molecule has 0 unspecified atom stereocenters. The van der Waals surface area contributed by atoms with Crippen molar-refractivity contribution in [3.05, 3.63) is 28.8 Å². The lowest BCUT2D eigenvalue weighted by molar-refractivity contribution is -0.137. The van der Waals surface area contributed by atoms with E-state index in [9.17, 15) is 18.0 Å². The Morgan fingerprint density at radius 1 is 1.10 bits per heavy atom. The number of amides is 1. The lowest BCUT2D eigenvalue weighted by atomic mass is 10.0. The highest BCUT2D eigenvalue weighted by Gasteiger charge is 2.31. The van der Waals surface area contributed by atoms with Crippen molar-refractivity contribution < 1.29 is 22.7 Å². The Morgan fingerprint density at radius 2 is 1.57 bits per heavy atom. The molecule has 0 aromatic heterocycles. The fourth-order valence-electron chi connectivity index (χ4n) is 1.74. The maximum Gasteiger partial charge on any atom is 0.426 e. The van der Waals surface area contributed by atoms with Crippen molar-refractivity contribution in [3.63, 3.8) is 0 Å². The summed E-state index contributed by atoms with van der Waals surface area (Å²) in [5.41, 5.74) is 4.67. The molecular weight excluding hydrogens is 285 g/mol. The van der Waals surface area contributed by atoms with E-state index in [4.69, 9.17) is 4.74 Å². The van der Waals surface area contributed by atoms with Gasteiger partial charge >= 0.3 is 12.3 Å². The van der Waals surface area contributed by atoms with Gasteiger partial charge in [-0.2, -0.15) is 13.2 Å². The Balaban J connectivity index is 2.84. The second kappa shape index (κ2) is 5.83. The standard InChI is InChI=1S/C14H19F3N2O2/c1-8-6-10(14(15,16)17)7-9(2)11(8)18-19-12(20)21-13(3,4)5/h6-7,18H,1-5H3,(H,19,20). The summed E-state index contributed by atoms with van der Waals surface area (Å²) in [6.07, 6.45) is -5.10. The average Bonchev–Trinajstić information content (AvgIpc) is 2.23. The summed E-state index contributed by atoms with van der Waals surface area (Å²) < 4.78 is 43.0. The molecule has 2 N–H and O–H groups in total. The number of alkyl halides is 3. The number of hydrogen-bond acceptors (Lipinski definition) is 3. The summed E-state index contributed by atoms with van der Waals surface area (Å²) in [7, 11) is 0. The summed E-state index contributed by atoms with van der Waals surface area (Å²) in [4.78, 5) is 11.5. The van der Waals surface area contributed by atoms with Gasteiger partial charge in [-0.3, -0.25) is 5.43 Å². The molecule has 1 rings (SSSR count). The number of aryl methyl sites for hydroxylation is 2. The van der Waals surface area contributed by atoms with Gasteiger partial charge in [-0.15, -0.1) is 0 Å². The molecule has 0 radical (unpaired) electrons. The van der Waals surface area contributed by atoms with Crippen LogP contribution in [-0.4, -0.2) is 11.7 Å². The molecule has 0 aliphatic heterocycles. The molecule has 0 spiro atoms. The van der Waals surface area contributed by atoms with Crippen molar-refractivity contribution in [1.29, 1.82) is 0 Å². The second-order valence-electron chi connectivity index (χ2n) is 5.73. The smallest absolute Gasteiger partial charge is 0.426 e. The Hall–Kier alpha value is -1.92. The van der Waals surface area contributed by atoms with Gasteiger partial charge in [0.15, 0.2) is 0 Å². The molecule has 21 heavy (non-hydrogen) atoms. The maximum atomic E-state index is 12.7. The van der Waals surface area contributed by atoms with Gasteiger partial charge in [-0.25, -0.2) is 10.2 Å². The topological polar surface area (TPSA) is 50.4 Å². The minimum absolute atomic E-state index is 0.374. The van der Waals surface area contributed by atoms with E-state index in [1.54, 1.807) is 20.8 Å². The first-order valence-electron chi connectivity index (χ1n) is 6.33. The summed E-state index contributed by atoms with van der Waals surface area (Å²) >= 11 is 0. The van der Waals surface area contributed by atoms with Crippen molar-refractivity contribution in [2.45, 2.75) is 46.4 Å². The van der Waals surface area contributed by atoms with Gasteiger partial charge in [-0.05, 0) is 57.9 Å². The first kappa shape index (κ1) is 17.1. The van der Waals surface area contributed by atoms with Gasteiger partial charge < -0.3 is 4.74 Å². The van der Waals surface area contributed by atoms with Gasteiger partial charge in [0, 0.05) is 0 Å². The minimum atomic E-state index is -4.40. The third-order valence-corrected chi connectivity index (χ3v) is 2.55. The Bertz CT molecular complexity index is 511. The summed E-state index contributed by atoms with van der Waals surface area (Å²) in [6, 6.07) is 2.04. The van der Waals surface area contributed by atoms with Crippen LogP contribution in [-0.2, 0) is 10.9 Å². The zero-order valence-electron chi connectivity index (χ0n) is 12.6. The molecule has 0 heterocycles. The first-order chi connectivity index (χ1) is 9.40. The highest BCUT2D eigenvalue weighted by atomic mass is 19.4. The van der Waals surface area contributed by atoms with E-state index in [1.807, 2.05) is 0 Å². The first-order valence-corrected chi connectivity index (χ1v) is 6.33. The van der Waals surface area contributed by atoms with Gasteiger partial charge in [-0.1, -0.05) is 0 Å². The molecule has 0 bridgehead atoms. The van der Waals surface area contributed by atoms with Crippen LogP contribution in [0.5, 0.6) is 0 Å². The maximum absolute atomic E-state index is 12.7. The summed E-state index contributed by atoms with van der Waals surface area (Å²) in [6.45, 7) is 8.19. The summed E-state index contributed by atoms with van der Waals surface area (Å²) in [5, 5.41) is 0. The number of carbonyl (C=O) groups is 1. The number of halogens is 3. The number of benzene rings is 1. The van der Waals surface area contributed by atoms with E-state index >= 15 is 0 Å². The van der Waals surface area contributed by atoms with Crippen LogP contribution < -0.4 is 10.9 Å². The van der Waals surface area contributed by atoms with Crippen LogP contribution in [0.2, 0.25) is 0 Å². The Morgan fingerprint density at radius 3 is 1.95 bits per heavy atom. The largest absolute Gasteiger partial charge is 0.443 e. The number of hydrogen-bond donors (Lipinski definition) is 2. The van der Waals surface area contributed by atoms with E-state index in [0.717, 1.165) is 12.1 Å². The molecular formula is C14H19F3N2O2. The van der Waals surface area contributed by atoms with E-state index in [0.29, 0.717) is 16.8 Å². The molecule has 0 atom stereocenters. The lowest BCUT2D eigenvalue weighted by Gasteiger charge is -2.21. The number of hydrazine groups is 1. The van der Waals surface area contributed by atoms with E-state index in [-0.39, 0.29) is 0 Å². The molecule has 1 aromatic rings. The number of carbonyl (C=O) groups excluding carboxylic acids is 1. The van der Waals surface area contributed by atoms with Gasteiger partial charge in [0.05, 0.1) is 11.3 Å². The molecule has 0 aliphatic rings. The van der Waals surface area contributed by atoms with Crippen molar-refractivity contribution in [3.8, 4) is 0 Å². The number of nitrogens with one attached hydrogen (secondary N) is 2. The van der Waals surface area contributed by atoms with Crippen LogP contribution in [0, 0.1) is 13.8 Å². The molecule has 4 nitrogen and oxygen atoms in total. The van der Waals surface area contributed by atoms with Crippen LogP contribution in [0.15, 0.2) is 12.1 Å². The van der Waals surface area contributed by atoms with Crippen LogP contribution in [0.25, 0.3) is 0 Å². The predicted molar refractivity (Wildman–Crippen MR) is 73.9 cm³/mol. The number of anilines is 1. The third kappa shape index (κ3) is 5.17. The number of ether oxygens (including phenoxy) is 1. The molecule has 0 saturated heterocycles. The normalized spacial score (nSPS) is 12.0. The van der Waals surface area contributed by atoms with Crippen LogP contribution in [0.3, 0.4) is 0 Å². The molecule has 0 saturated carbocycles. The minimum Gasteiger partial charge on any atom is -0.443 e. The monoisotopic (exact) mass is 304 g/mol. The van der Waals surface area contributed by atoms with Crippen molar-refractivity contribution in [2.75, 3.05) is 5.43 Å². The quantitative estimate of drug-likeness (QED) is 0.806. The molecule has 0 fully saturated rings. The zero-order chi connectivity index (χ0) is 16.4. The third-order valence-electron chi connectivity index (χ3n) is 2.55. The zero-order valence-corrected chi connectivity index (χ0v) is 12.6. The van der Waals surface area contributed by atoms with Crippen molar-refractivity contribution in [1.82, 2.24) is 5.43 Å². The van der Waals surface area contributed by atoms with E-state index in [2.05, 4.69) is 10.9 Å². The Labute approximate surface area is 121 Å². The molecule has 7 heteroatoms. The fourth-order valence-corrected chi connectivity index (χ4v) is 1.74. The Kier molecular flexibility index (Phi) is 4.76. The highest BCUT2D eigenvalue weighted by molar-refractivity contribution is 5.71. The van der Waals surface area contributed by atoms with Crippen molar-refractivity contribution >= 4 is 11.8 Å². The molecule has 0 aliphatic carbocycles. The number of rotatable bonds is 2. The van der Waals surface area contributed by atoms with Crippen molar-refractivity contribution in [2.24, 2.45) is 0 Å². The van der Waals surface area contributed by atoms with E-state index in [1.165, 1.54) is 13.8 Å². The van der Waals surface area contributed by atoms with E-state index < -0.39 is 23.4 Å².